The zero-order chi connectivity index (χ0) is 14.8. The molecule has 0 aromatic rings. The van der Waals surface area contributed by atoms with E-state index in [-0.39, 0.29) is 11.7 Å². The summed E-state index contributed by atoms with van der Waals surface area (Å²) in [6.07, 6.45) is 1.16. The van der Waals surface area contributed by atoms with Crippen molar-refractivity contribution in [1.82, 2.24) is 10.2 Å². The van der Waals surface area contributed by atoms with Crippen LogP contribution in [-0.4, -0.2) is 48.6 Å². The van der Waals surface area contributed by atoms with Crippen molar-refractivity contribution in [3.8, 4) is 0 Å². The topological polar surface area (TPSA) is 66.5 Å². The predicted octanol–water partition coefficient (Wildman–Crippen LogP) is 0.383. The maximum absolute atomic E-state index is 13.0. The first kappa shape index (κ1) is 13.7. The van der Waals surface area contributed by atoms with Crippen LogP contribution in [0.2, 0.25) is 0 Å². The Hall–Kier alpha value is -1.23. The number of piperazine rings is 1. The molecule has 0 spiro atoms. The number of nitrogens with zero attached hydrogens (tertiary/aromatic N) is 1. The lowest BCUT2D eigenvalue weighted by Crippen LogP contribution is -2.56. The summed E-state index contributed by atoms with van der Waals surface area (Å²) in [5.41, 5.74) is -2.37. The monoisotopic (exact) mass is 278 g/mol. The van der Waals surface area contributed by atoms with Gasteiger partial charge in [-0.2, -0.15) is 0 Å². The van der Waals surface area contributed by atoms with Crippen molar-refractivity contribution < 1.29 is 14.4 Å². The molecule has 20 heavy (non-hydrogen) atoms. The Morgan fingerprint density at radius 2 is 1.65 bits per heavy atom. The Kier molecular flexibility index (Phi) is 2.68. The van der Waals surface area contributed by atoms with Crippen LogP contribution in [0.5, 0.6) is 0 Å². The molecule has 2 saturated carbocycles. The van der Waals surface area contributed by atoms with Gasteiger partial charge in [-0.05, 0) is 18.3 Å². The molecule has 5 nitrogen and oxygen atoms in total. The SMILES string of the molecule is CC1(C)[C@@]2(C(=O)N3CCNCC3)CC[C@@]1(C)C(=O)C2=O. The minimum absolute atomic E-state index is 0.122. The highest BCUT2D eigenvalue weighted by atomic mass is 16.2. The van der Waals surface area contributed by atoms with Crippen LogP contribution in [-0.2, 0) is 14.4 Å². The van der Waals surface area contributed by atoms with Gasteiger partial charge in [-0.25, -0.2) is 0 Å². The summed E-state index contributed by atoms with van der Waals surface area (Å²) in [6.45, 7) is 8.44. The van der Waals surface area contributed by atoms with E-state index in [9.17, 15) is 14.4 Å². The number of hydrogen-bond acceptors (Lipinski definition) is 4. The molecule has 1 aliphatic heterocycles. The van der Waals surface area contributed by atoms with E-state index in [4.69, 9.17) is 0 Å². The Morgan fingerprint density at radius 3 is 2.15 bits per heavy atom. The number of nitrogens with one attached hydrogen (secondary N) is 1. The number of hydrogen-bond donors (Lipinski definition) is 1. The van der Waals surface area contributed by atoms with Crippen molar-refractivity contribution >= 4 is 17.5 Å². The maximum atomic E-state index is 13.0. The molecule has 0 radical (unpaired) electrons. The third-order valence-corrected chi connectivity index (χ3v) is 6.31. The summed E-state index contributed by atoms with van der Waals surface area (Å²) >= 11 is 0. The summed E-state index contributed by atoms with van der Waals surface area (Å²) in [6, 6.07) is 0. The van der Waals surface area contributed by atoms with Crippen molar-refractivity contribution in [2.24, 2.45) is 16.2 Å². The lowest BCUT2D eigenvalue weighted by Gasteiger charge is -2.41. The number of Topliss-reactive ketones (excluding diaryl/α,β-unsaturated/α-hetero) is 2. The van der Waals surface area contributed by atoms with Gasteiger partial charge in [0.25, 0.3) is 0 Å². The lowest BCUT2D eigenvalue weighted by atomic mass is 9.64. The van der Waals surface area contributed by atoms with E-state index in [1.165, 1.54) is 0 Å². The highest BCUT2D eigenvalue weighted by Crippen LogP contribution is 2.69. The van der Waals surface area contributed by atoms with Crippen LogP contribution in [0.25, 0.3) is 0 Å². The number of amides is 1. The molecule has 0 unspecified atom stereocenters. The predicted molar refractivity (Wildman–Crippen MR) is 73.0 cm³/mol. The van der Waals surface area contributed by atoms with Gasteiger partial charge < -0.3 is 10.2 Å². The van der Waals surface area contributed by atoms with Gasteiger partial charge in [-0.1, -0.05) is 20.8 Å². The van der Waals surface area contributed by atoms with Gasteiger partial charge in [0.2, 0.25) is 17.5 Å². The fourth-order valence-corrected chi connectivity index (χ4v) is 4.38. The van der Waals surface area contributed by atoms with Crippen molar-refractivity contribution in [3.05, 3.63) is 0 Å². The van der Waals surface area contributed by atoms with Gasteiger partial charge in [0, 0.05) is 31.6 Å². The molecule has 1 amide bonds. The molecule has 3 rings (SSSR count). The molecule has 2 aliphatic carbocycles. The molecule has 1 saturated heterocycles. The van der Waals surface area contributed by atoms with Gasteiger partial charge in [0.15, 0.2) is 0 Å². The second-order valence-electron chi connectivity index (χ2n) is 7.06. The van der Waals surface area contributed by atoms with Crippen molar-refractivity contribution in [1.29, 1.82) is 0 Å². The first-order valence-corrected chi connectivity index (χ1v) is 7.38. The Morgan fingerprint density at radius 1 is 1.05 bits per heavy atom. The number of carbonyl (C=O) groups excluding carboxylic acids is 3. The van der Waals surface area contributed by atoms with Crippen molar-refractivity contribution in [3.63, 3.8) is 0 Å². The van der Waals surface area contributed by atoms with Crippen LogP contribution in [0.15, 0.2) is 0 Å². The molecule has 110 valence electrons. The van der Waals surface area contributed by atoms with Crippen LogP contribution in [0, 0.1) is 16.2 Å². The average molecular weight is 278 g/mol. The molecule has 2 atom stereocenters. The largest absolute Gasteiger partial charge is 0.339 e. The molecule has 5 heteroatoms. The van der Waals surface area contributed by atoms with Crippen LogP contribution in [0.3, 0.4) is 0 Å². The second kappa shape index (κ2) is 3.91. The third-order valence-electron chi connectivity index (χ3n) is 6.31. The molecule has 1 heterocycles. The summed E-state index contributed by atoms with van der Waals surface area (Å²) in [4.78, 5) is 39.7. The van der Waals surface area contributed by atoms with Crippen LogP contribution >= 0.6 is 0 Å². The summed E-state index contributed by atoms with van der Waals surface area (Å²) in [5, 5.41) is 3.20. The van der Waals surface area contributed by atoms with Crippen molar-refractivity contribution in [2.75, 3.05) is 26.2 Å². The smallest absolute Gasteiger partial charge is 0.237 e. The van der Waals surface area contributed by atoms with E-state index in [1.807, 2.05) is 20.8 Å². The van der Waals surface area contributed by atoms with E-state index < -0.39 is 22.0 Å². The molecule has 3 aliphatic rings. The van der Waals surface area contributed by atoms with Gasteiger partial charge in [-0.3, -0.25) is 14.4 Å². The second-order valence-corrected chi connectivity index (χ2v) is 7.06. The highest BCUT2D eigenvalue weighted by Gasteiger charge is 2.78. The molecule has 0 aromatic carbocycles. The van der Waals surface area contributed by atoms with Crippen LogP contribution in [0.1, 0.15) is 33.6 Å². The summed E-state index contributed by atoms with van der Waals surface area (Å²) in [5.74, 6) is -0.902. The average Bonchev–Trinajstić information content (AvgIpc) is 2.71. The zero-order valence-corrected chi connectivity index (χ0v) is 12.4. The molecule has 1 N–H and O–H groups in total. The number of carbonyl (C=O) groups is 3. The Balaban J connectivity index is 2.04. The van der Waals surface area contributed by atoms with E-state index >= 15 is 0 Å². The molecule has 2 bridgehead atoms. The van der Waals surface area contributed by atoms with E-state index in [2.05, 4.69) is 5.32 Å². The summed E-state index contributed by atoms with van der Waals surface area (Å²) in [7, 11) is 0. The lowest BCUT2D eigenvalue weighted by molar-refractivity contribution is -0.155. The van der Waals surface area contributed by atoms with Gasteiger partial charge in [0.1, 0.15) is 5.41 Å². The van der Waals surface area contributed by atoms with E-state index in [0.29, 0.717) is 25.9 Å². The normalized spacial score (nSPS) is 39.5. The summed E-state index contributed by atoms with van der Waals surface area (Å²) < 4.78 is 0. The standard InChI is InChI=1S/C15H22N2O3/c1-13(2)14(3)4-5-15(13,11(19)10(14)18)12(20)17-8-6-16-7-9-17/h16H,4-9H2,1-3H3/t14-,15-/m0/s1. The number of ketones is 2. The van der Waals surface area contributed by atoms with Crippen molar-refractivity contribution in [2.45, 2.75) is 33.6 Å². The molecular formula is C15H22N2O3. The number of fused-ring (bicyclic) bond motifs is 2. The quantitative estimate of drug-likeness (QED) is 0.556. The van der Waals surface area contributed by atoms with Crippen LogP contribution < -0.4 is 5.32 Å². The fourth-order valence-electron chi connectivity index (χ4n) is 4.38. The van der Waals surface area contributed by atoms with Crippen LogP contribution in [0.4, 0.5) is 0 Å². The van der Waals surface area contributed by atoms with E-state index in [0.717, 1.165) is 13.1 Å². The van der Waals surface area contributed by atoms with E-state index in [1.54, 1.807) is 4.90 Å². The first-order chi connectivity index (χ1) is 9.29. The minimum atomic E-state index is -1.11. The fraction of sp³-hybridized carbons (Fsp3) is 0.800. The van der Waals surface area contributed by atoms with Gasteiger partial charge in [-0.15, -0.1) is 0 Å². The number of rotatable bonds is 1. The maximum Gasteiger partial charge on any atom is 0.237 e. The Bertz CT molecular complexity index is 507. The molecule has 3 fully saturated rings. The molecular weight excluding hydrogens is 256 g/mol. The van der Waals surface area contributed by atoms with Gasteiger partial charge >= 0.3 is 0 Å². The Labute approximate surface area is 119 Å². The van der Waals surface area contributed by atoms with Gasteiger partial charge in [0.05, 0.1) is 0 Å². The first-order valence-electron chi connectivity index (χ1n) is 7.38. The minimum Gasteiger partial charge on any atom is -0.339 e. The zero-order valence-electron chi connectivity index (χ0n) is 12.4. The highest BCUT2D eigenvalue weighted by molar-refractivity contribution is 6.48. The molecule has 0 aromatic heterocycles. The third kappa shape index (κ3) is 1.25.